The largest absolute Gasteiger partial charge is 0.507 e. The maximum absolute atomic E-state index is 13.1. The van der Waals surface area contributed by atoms with Crippen LogP contribution in [0, 0.1) is 12.7 Å². The van der Waals surface area contributed by atoms with Crippen LogP contribution in [0.1, 0.15) is 12.5 Å². The lowest BCUT2D eigenvalue weighted by molar-refractivity contribution is -0.152. The predicted octanol–water partition coefficient (Wildman–Crippen LogP) is 4.59. The molecular weight excluding hydrogens is 503 g/mol. The van der Waals surface area contributed by atoms with Gasteiger partial charge in [-0.2, -0.15) is 0 Å². The van der Waals surface area contributed by atoms with E-state index in [1.807, 2.05) is 0 Å². The summed E-state index contributed by atoms with van der Waals surface area (Å²) in [6, 6.07) is 11.0. The summed E-state index contributed by atoms with van der Waals surface area (Å²) in [5.41, 5.74) is 0.769. The predicted molar refractivity (Wildman–Crippen MR) is 127 cm³/mol. The van der Waals surface area contributed by atoms with E-state index >= 15 is 0 Å². The minimum absolute atomic E-state index is 0.0376. The van der Waals surface area contributed by atoms with Gasteiger partial charge < -0.3 is 19.9 Å². The van der Waals surface area contributed by atoms with Crippen molar-refractivity contribution in [1.82, 2.24) is 0 Å². The van der Waals surface area contributed by atoms with E-state index in [1.165, 1.54) is 30.3 Å². The Labute approximate surface area is 205 Å². The van der Waals surface area contributed by atoms with Gasteiger partial charge in [0, 0.05) is 17.4 Å². The number of rotatable bonds is 7. The number of phenols is 1. The molecule has 3 rings (SSSR count). The zero-order valence-corrected chi connectivity index (χ0v) is 20.0. The molecule has 35 heavy (non-hydrogen) atoms. The van der Waals surface area contributed by atoms with Crippen LogP contribution in [-0.4, -0.2) is 32.0 Å². The molecule has 0 aliphatic carbocycles. The highest BCUT2D eigenvalue weighted by atomic mass is 35.5. The molecule has 0 radical (unpaired) electrons. The molecule has 3 aromatic carbocycles. The third kappa shape index (κ3) is 6.40. The van der Waals surface area contributed by atoms with Crippen LogP contribution in [0.5, 0.6) is 17.2 Å². The van der Waals surface area contributed by atoms with Crippen molar-refractivity contribution >= 4 is 44.9 Å². The number of aryl methyl sites for hydroxylation is 1. The number of aromatic hydroxyl groups is 1. The van der Waals surface area contributed by atoms with Gasteiger partial charge in [0.1, 0.15) is 28.0 Å². The molecule has 0 unspecified atom stereocenters. The van der Waals surface area contributed by atoms with Gasteiger partial charge in [-0.3, -0.25) is 9.52 Å². The van der Waals surface area contributed by atoms with Crippen LogP contribution in [0.25, 0.3) is 0 Å². The van der Waals surface area contributed by atoms with Gasteiger partial charge in [0.2, 0.25) is 0 Å². The van der Waals surface area contributed by atoms with Crippen LogP contribution < -0.4 is 14.8 Å². The van der Waals surface area contributed by atoms with E-state index in [4.69, 9.17) is 16.3 Å². The van der Waals surface area contributed by atoms with Crippen molar-refractivity contribution in [3.63, 3.8) is 0 Å². The van der Waals surface area contributed by atoms with Gasteiger partial charge in [-0.1, -0.05) is 11.6 Å². The van der Waals surface area contributed by atoms with Crippen molar-refractivity contribution in [3.05, 3.63) is 71.0 Å². The first kappa shape index (κ1) is 25.8. The Morgan fingerprint density at radius 2 is 1.74 bits per heavy atom. The average molecular weight is 523 g/mol. The molecule has 0 atom stereocenters. The molecule has 3 N–H and O–H groups in total. The number of nitrogens with one attached hydrogen (secondary N) is 2. The van der Waals surface area contributed by atoms with Gasteiger partial charge >= 0.3 is 11.9 Å². The smallest absolute Gasteiger partial charge is 0.397 e. The summed E-state index contributed by atoms with van der Waals surface area (Å²) in [7, 11) is -4.25. The molecule has 0 aliphatic rings. The van der Waals surface area contributed by atoms with Crippen molar-refractivity contribution in [1.29, 1.82) is 0 Å². The first-order valence-electron chi connectivity index (χ1n) is 10.1. The Balaban J connectivity index is 1.84. The van der Waals surface area contributed by atoms with Crippen molar-refractivity contribution < 1.29 is 37.0 Å². The number of carbonyl (C=O) groups is 2. The number of ether oxygens (including phenoxy) is 2. The van der Waals surface area contributed by atoms with Gasteiger partial charge in [0.25, 0.3) is 10.0 Å². The Morgan fingerprint density at radius 3 is 2.37 bits per heavy atom. The molecule has 0 heterocycles. The zero-order valence-electron chi connectivity index (χ0n) is 18.5. The molecule has 0 aromatic heterocycles. The Morgan fingerprint density at radius 1 is 1.06 bits per heavy atom. The molecule has 0 bridgehead atoms. The minimum atomic E-state index is -4.25. The van der Waals surface area contributed by atoms with Crippen molar-refractivity contribution in [2.45, 2.75) is 18.7 Å². The lowest BCUT2D eigenvalue weighted by atomic mass is 10.2. The fourth-order valence-electron chi connectivity index (χ4n) is 2.93. The van der Waals surface area contributed by atoms with Crippen LogP contribution in [-0.2, 0) is 24.3 Å². The molecular formula is C23H20ClFN2O7S. The molecule has 0 saturated heterocycles. The van der Waals surface area contributed by atoms with E-state index in [0.29, 0.717) is 5.56 Å². The molecule has 12 heteroatoms. The number of anilines is 2. The molecule has 0 saturated carbocycles. The monoisotopic (exact) mass is 522 g/mol. The van der Waals surface area contributed by atoms with Crippen LogP contribution in [0.15, 0.2) is 59.5 Å². The van der Waals surface area contributed by atoms with Crippen LogP contribution >= 0.6 is 11.6 Å². The van der Waals surface area contributed by atoms with Crippen LogP contribution in [0.4, 0.5) is 15.8 Å². The third-order valence-corrected chi connectivity index (χ3v) is 6.18. The highest BCUT2D eigenvalue weighted by molar-refractivity contribution is 7.92. The van der Waals surface area contributed by atoms with Crippen LogP contribution in [0.2, 0.25) is 5.02 Å². The normalized spacial score (nSPS) is 11.0. The number of hydrogen-bond acceptors (Lipinski definition) is 7. The quantitative estimate of drug-likeness (QED) is 0.305. The molecule has 3 aromatic rings. The van der Waals surface area contributed by atoms with E-state index in [2.05, 4.69) is 14.8 Å². The van der Waals surface area contributed by atoms with E-state index in [0.717, 1.165) is 24.3 Å². The van der Waals surface area contributed by atoms with E-state index in [1.54, 1.807) is 13.8 Å². The summed E-state index contributed by atoms with van der Waals surface area (Å²) in [4.78, 5) is 22.9. The van der Waals surface area contributed by atoms with Gasteiger partial charge in [-0.25, -0.2) is 17.6 Å². The van der Waals surface area contributed by atoms with E-state index < -0.39 is 38.4 Å². The summed E-state index contributed by atoms with van der Waals surface area (Å²) in [5, 5.41) is 12.6. The highest BCUT2D eigenvalue weighted by Crippen LogP contribution is 2.37. The number of hydrogen-bond donors (Lipinski definition) is 3. The first-order valence-corrected chi connectivity index (χ1v) is 11.9. The Kier molecular flexibility index (Phi) is 7.82. The Bertz CT molecular complexity index is 1360. The fraction of sp³-hybridized carbons (Fsp3) is 0.130. The van der Waals surface area contributed by atoms with Gasteiger partial charge in [0.05, 0.1) is 11.6 Å². The lowest BCUT2D eigenvalue weighted by Crippen LogP contribution is -2.25. The van der Waals surface area contributed by atoms with Crippen molar-refractivity contribution in [2.24, 2.45) is 0 Å². The summed E-state index contributed by atoms with van der Waals surface area (Å²) < 4.78 is 51.3. The minimum Gasteiger partial charge on any atom is -0.507 e. The number of sulfonamides is 1. The number of esters is 1. The maximum atomic E-state index is 13.1. The summed E-state index contributed by atoms with van der Waals surface area (Å²) in [6.45, 7) is 3.23. The number of phenolic OH excluding ortho intramolecular Hbond substituents is 1. The number of benzene rings is 3. The van der Waals surface area contributed by atoms with E-state index in [9.17, 15) is 27.5 Å². The second kappa shape index (κ2) is 10.6. The summed E-state index contributed by atoms with van der Waals surface area (Å²) in [5.74, 6) is -2.90. The topological polar surface area (TPSA) is 131 Å². The maximum Gasteiger partial charge on any atom is 0.397 e. The molecule has 0 spiro atoms. The van der Waals surface area contributed by atoms with Crippen LogP contribution in [0.3, 0.4) is 0 Å². The molecule has 1 amide bonds. The number of carbonyl (C=O) groups excluding carboxylic acids is 2. The van der Waals surface area contributed by atoms with Crippen molar-refractivity contribution in [3.8, 4) is 17.2 Å². The first-order chi connectivity index (χ1) is 16.5. The zero-order chi connectivity index (χ0) is 25.8. The standard InChI is InChI=1S/C23H20ClFN2O7S/c1-3-33-23(30)22(29)26-16-10-13(2)21(18(24)11-16)34-17-8-9-19(28)20(12-17)35(31,32)27-15-6-4-14(25)5-7-15/h4-12,27-28H,3H2,1-2H3,(H,26,29). The van der Waals surface area contributed by atoms with Gasteiger partial charge in [-0.15, -0.1) is 0 Å². The molecule has 0 fully saturated rings. The second-order valence-electron chi connectivity index (χ2n) is 7.12. The molecule has 9 nitrogen and oxygen atoms in total. The number of halogens is 2. The Hall–Kier alpha value is -3.83. The van der Waals surface area contributed by atoms with E-state index in [-0.39, 0.29) is 34.5 Å². The third-order valence-electron chi connectivity index (χ3n) is 4.49. The van der Waals surface area contributed by atoms with Gasteiger partial charge in [-0.05, 0) is 67.9 Å². The second-order valence-corrected chi connectivity index (χ2v) is 9.18. The average Bonchev–Trinajstić information content (AvgIpc) is 2.78. The molecule has 184 valence electrons. The number of amides is 1. The van der Waals surface area contributed by atoms with Gasteiger partial charge in [0.15, 0.2) is 0 Å². The SMILES string of the molecule is CCOC(=O)C(=O)Nc1cc(C)c(Oc2ccc(O)c(S(=O)(=O)Nc3ccc(F)cc3)c2)c(Cl)c1. The van der Waals surface area contributed by atoms with Crippen molar-refractivity contribution in [2.75, 3.05) is 16.6 Å². The fourth-order valence-corrected chi connectivity index (χ4v) is 4.41. The summed E-state index contributed by atoms with van der Waals surface area (Å²) in [6.07, 6.45) is 0. The highest BCUT2D eigenvalue weighted by Gasteiger charge is 2.21. The molecule has 0 aliphatic heterocycles. The summed E-state index contributed by atoms with van der Waals surface area (Å²) >= 11 is 6.29. The lowest BCUT2D eigenvalue weighted by Gasteiger charge is -2.15.